The SMILES string of the molecule is CCN1CCN(C(=O)NCCc2ccc(Cl)cc2)CC1. The van der Waals surface area contributed by atoms with E-state index >= 15 is 0 Å². The number of urea groups is 1. The zero-order valence-corrected chi connectivity index (χ0v) is 12.7. The minimum atomic E-state index is 0.0507. The molecule has 0 aromatic heterocycles. The lowest BCUT2D eigenvalue weighted by molar-refractivity contribution is 0.143. The third-order valence-electron chi connectivity index (χ3n) is 3.71. The Morgan fingerprint density at radius 1 is 1.20 bits per heavy atom. The van der Waals surface area contributed by atoms with Crippen LogP contribution in [0.15, 0.2) is 24.3 Å². The Kier molecular flexibility index (Phi) is 5.68. The molecular formula is C15H22ClN3O. The van der Waals surface area contributed by atoms with Gasteiger partial charge in [-0.15, -0.1) is 0 Å². The lowest BCUT2D eigenvalue weighted by Crippen LogP contribution is -2.51. The molecule has 1 aromatic rings. The summed E-state index contributed by atoms with van der Waals surface area (Å²) in [6.45, 7) is 7.46. The molecule has 1 heterocycles. The summed E-state index contributed by atoms with van der Waals surface area (Å²) in [5, 5.41) is 3.73. The number of hydrogen-bond acceptors (Lipinski definition) is 2. The fourth-order valence-corrected chi connectivity index (χ4v) is 2.47. The van der Waals surface area contributed by atoms with Crippen molar-refractivity contribution in [2.75, 3.05) is 39.3 Å². The maximum Gasteiger partial charge on any atom is 0.317 e. The topological polar surface area (TPSA) is 35.6 Å². The maximum atomic E-state index is 12.0. The molecule has 0 bridgehead atoms. The Labute approximate surface area is 125 Å². The Morgan fingerprint density at radius 3 is 2.45 bits per heavy atom. The predicted octanol–water partition coefficient (Wildman–Crippen LogP) is 2.23. The van der Waals surface area contributed by atoms with E-state index < -0.39 is 0 Å². The Balaban J connectivity index is 1.69. The number of piperazine rings is 1. The van der Waals surface area contributed by atoms with Crippen LogP contribution in [0, 0.1) is 0 Å². The first kappa shape index (κ1) is 15.1. The second kappa shape index (κ2) is 7.50. The molecule has 0 radical (unpaired) electrons. The van der Waals surface area contributed by atoms with Crippen LogP contribution >= 0.6 is 11.6 Å². The molecule has 1 aliphatic heterocycles. The van der Waals surface area contributed by atoms with E-state index in [0.717, 1.165) is 44.2 Å². The normalized spacial score (nSPS) is 16.2. The highest BCUT2D eigenvalue weighted by Gasteiger charge is 2.19. The average Bonchev–Trinajstić information content (AvgIpc) is 2.49. The van der Waals surface area contributed by atoms with E-state index in [4.69, 9.17) is 11.6 Å². The van der Waals surface area contributed by atoms with Crippen molar-refractivity contribution in [3.8, 4) is 0 Å². The van der Waals surface area contributed by atoms with Gasteiger partial charge in [0.25, 0.3) is 0 Å². The van der Waals surface area contributed by atoms with Crippen molar-refractivity contribution in [3.63, 3.8) is 0 Å². The minimum absolute atomic E-state index is 0.0507. The van der Waals surface area contributed by atoms with Gasteiger partial charge in [0.1, 0.15) is 0 Å². The first-order valence-electron chi connectivity index (χ1n) is 7.18. The van der Waals surface area contributed by atoms with Crippen molar-refractivity contribution in [1.82, 2.24) is 15.1 Å². The first-order chi connectivity index (χ1) is 9.69. The standard InChI is InChI=1S/C15H22ClN3O/c1-2-18-9-11-19(12-10-18)15(20)17-8-7-13-3-5-14(16)6-4-13/h3-6H,2,7-12H2,1H3,(H,17,20). The zero-order valence-electron chi connectivity index (χ0n) is 11.9. The van der Waals surface area contributed by atoms with Crippen LogP contribution in [0.4, 0.5) is 4.79 Å². The zero-order chi connectivity index (χ0) is 14.4. The number of nitrogens with zero attached hydrogens (tertiary/aromatic N) is 2. The quantitative estimate of drug-likeness (QED) is 0.924. The first-order valence-corrected chi connectivity index (χ1v) is 7.56. The molecule has 20 heavy (non-hydrogen) atoms. The molecule has 4 nitrogen and oxygen atoms in total. The highest BCUT2D eigenvalue weighted by atomic mass is 35.5. The van der Waals surface area contributed by atoms with Gasteiger partial charge in [-0.1, -0.05) is 30.7 Å². The molecule has 1 aromatic carbocycles. The highest BCUT2D eigenvalue weighted by molar-refractivity contribution is 6.30. The summed E-state index contributed by atoms with van der Waals surface area (Å²) < 4.78 is 0. The molecule has 1 saturated heterocycles. The number of carbonyl (C=O) groups is 1. The summed E-state index contributed by atoms with van der Waals surface area (Å²) >= 11 is 5.84. The molecule has 0 aliphatic carbocycles. The van der Waals surface area contributed by atoms with E-state index in [0.29, 0.717) is 6.54 Å². The lowest BCUT2D eigenvalue weighted by atomic mass is 10.1. The third kappa shape index (κ3) is 4.39. The van der Waals surface area contributed by atoms with Gasteiger partial charge in [0.2, 0.25) is 0 Å². The summed E-state index contributed by atoms with van der Waals surface area (Å²) in [6, 6.07) is 7.80. The molecule has 5 heteroatoms. The molecule has 2 amide bonds. The van der Waals surface area contributed by atoms with Crippen LogP contribution in [0.2, 0.25) is 5.02 Å². The number of halogens is 1. The fourth-order valence-electron chi connectivity index (χ4n) is 2.34. The number of hydrogen-bond donors (Lipinski definition) is 1. The van der Waals surface area contributed by atoms with Gasteiger partial charge in [-0.05, 0) is 30.7 Å². The minimum Gasteiger partial charge on any atom is -0.338 e. The highest BCUT2D eigenvalue weighted by Crippen LogP contribution is 2.09. The van der Waals surface area contributed by atoms with Crippen molar-refractivity contribution in [3.05, 3.63) is 34.9 Å². The van der Waals surface area contributed by atoms with Crippen molar-refractivity contribution in [1.29, 1.82) is 0 Å². The largest absolute Gasteiger partial charge is 0.338 e. The van der Waals surface area contributed by atoms with E-state index in [1.807, 2.05) is 29.2 Å². The monoisotopic (exact) mass is 295 g/mol. The number of nitrogens with one attached hydrogen (secondary N) is 1. The number of rotatable bonds is 4. The van der Waals surface area contributed by atoms with E-state index in [9.17, 15) is 4.79 Å². The van der Waals surface area contributed by atoms with Crippen molar-refractivity contribution in [2.24, 2.45) is 0 Å². The Hall–Kier alpha value is -1.26. The molecule has 1 aliphatic rings. The summed E-state index contributed by atoms with van der Waals surface area (Å²) in [5.74, 6) is 0. The van der Waals surface area contributed by atoms with Crippen molar-refractivity contribution in [2.45, 2.75) is 13.3 Å². The van der Waals surface area contributed by atoms with Gasteiger partial charge >= 0.3 is 6.03 Å². The van der Waals surface area contributed by atoms with E-state index in [2.05, 4.69) is 17.1 Å². The van der Waals surface area contributed by atoms with Gasteiger partial charge in [-0.25, -0.2) is 4.79 Å². The van der Waals surface area contributed by atoms with Crippen molar-refractivity contribution >= 4 is 17.6 Å². The van der Waals surface area contributed by atoms with Crippen LogP contribution in [0.1, 0.15) is 12.5 Å². The summed E-state index contributed by atoms with van der Waals surface area (Å²) in [6.07, 6.45) is 0.831. The number of amides is 2. The maximum absolute atomic E-state index is 12.0. The molecule has 0 unspecified atom stereocenters. The number of benzene rings is 1. The second-order valence-corrected chi connectivity index (χ2v) is 5.47. The average molecular weight is 296 g/mol. The molecule has 1 N–H and O–H groups in total. The van der Waals surface area contributed by atoms with E-state index in [1.165, 1.54) is 5.56 Å². The summed E-state index contributed by atoms with van der Waals surface area (Å²) in [7, 11) is 0. The van der Waals surface area contributed by atoms with Gasteiger partial charge in [-0.3, -0.25) is 0 Å². The Bertz CT molecular complexity index is 427. The third-order valence-corrected chi connectivity index (χ3v) is 3.96. The van der Waals surface area contributed by atoms with Gasteiger partial charge in [0, 0.05) is 37.7 Å². The predicted molar refractivity (Wildman–Crippen MR) is 82.2 cm³/mol. The van der Waals surface area contributed by atoms with Gasteiger partial charge in [0.15, 0.2) is 0 Å². The molecular weight excluding hydrogens is 274 g/mol. The van der Waals surface area contributed by atoms with Crippen molar-refractivity contribution < 1.29 is 4.79 Å². The summed E-state index contributed by atoms with van der Waals surface area (Å²) in [5.41, 5.74) is 1.19. The molecule has 110 valence electrons. The molecule has 2 rings (SSSR count). The van der Waals surface area contributed by atoms with Crippen LogP contribution in [0.3, 0.4) is 0 Å². The smallest absolute Gasteiger partial charge is 0.317 e. The lowest BCUT2D eigenvalue weighted by Gasteiger charge is -2.34. The van der Waals surface area contributed by atoms with Crippen LogP contribution < -0.4 is 5.32 Å². The van der Waals surface area contributed by atoms with Gasteiger partial charge in [-0.2, -0.15) is 0 Å². The van der Waals surface area contributed by atoms with Gasteiger partial charge in [0.05, 0.1) is 0 Å². The number of carbonyl (C=O) groups excluding carboxylic acids is 1. The molecule has 0 saturated carbocycles. The van der Waals surface area contributed by atoms with Crippen LogP contribution in [0.5, 0.6) is 0 Å². The summed E-state index contributed by atoms with van der Waals surface area (Å²) in [4.78, 5) is 16.3. The molecule has 1 fully saturated rings. The second-order valence-electron chi connectivity index (χ2n) is 5.03. The van der Waals surface area contributed by atoms with E-state index in [1.54, 1.807) is 0 Å². The number of likely N-dealkylation sites (N-methyl/N-ethyl adjacent to an activating group) is 1. The van der Waals surface area contributed by atoms with Crippen LogP contribution in [-0.2, 0) is 6.42 Å². The van der Waals surface area contributed by atoms with Crippen LogP contribution in [-0.4, -0.2) is 55.1 Å². The fraction of sp³-hybridized carbons (Fsp3) is 0.533. The van der Waals surface area contributed by atoms with E-state index in [-0.39, 0.29) is 6.03 Å². The van der Waals surface area contributed by atoms with Gasteiger partial charge < -0.3 is 15.1 Å². The molecule has 0 spiro atoms. The Morgan fingerprint density at radius 2 is 1.85 bits per heavy atom. The molecule has 0 atom stereocenters. The van der Waals surface area contributed by atoms with Crippen LogP contribution in [0.25, 0.3) is 0 Å².